The van der Waals surface area contributed by atoms with Gasteiger partial charge in [0.05, 0.1) is 0 Å². The zero-order valence-electron chi connectivity index (χ0n) is 8.82. The van der Waals surface area contributed by atoms with Gasteiger partial charge in [-0.05, 0) is 48.6 Å². The van der Waals surface area contributed by atoms with Crippen molar-refractivity contribution >= 4 is 23.9 Å². The maximum atomic E-state index is 3.29. The molecule has 2 aliphatic rings. The van der Waals surface area contributed by atoms with Crippen molar-refractivity contribution in [2.24, 2.45) is 11.8 Å². The van der Waals surface area contributed by atoms with Crippen LogP contribution in [0.15, 0.2) is 11.1 Å². The summed E-state index contributed by atoms with van der Waals surface area (Å²) in [5.41, 5.74) is 0. The summed E-state index contributed by atoms with van der Waals surface area (Å²) in [5.74, 6) is 1.77. The van der Waals surface area contributed by atoms with Crippen LogP contribution in [0.4, 0.5) is 0 Å². The highest BCUT2D eigenvalue weighted by Gasteiger charge is 2.25. The van der Waals surface area contributed by atoms with Crippen LogP contribution in [-0.4, -0.2) is 10.7 Å². The third-order valence-electron chi connectivity index (χ3n) is 3.11. The van der Waals surface area contributed by atoms with Crippen molar-refractivity contribution in [1.29, 1.82) is 0 Å². The monoisotopic (exact) mass is 230 g/mol. The normalized spacial score (nSPS) is 33.3. The van der Waals surface area contributed by atoms with E-state index in [1.807, 2.05) is 0 Å². The summed E-state index contributed by atoms with van der Waals surface area (Å²) in [6.45, 7) is 2.37. The summed E-state index contributed by atoms with van der Waals surface area (Å²) < 4.78 is 2.10. The van der Waals surface area contributed by atoms with Gasteiger partial charge in [-0.15, -0.1) is 0 Å². The van der Waals surface area contributed by atoms with E-state index >= 15 is 0 Å². The Bertz CT molecular complexity index is 222. The van der Waals surface area contributed by atoms with Crippen LogP contribution in [0.3, 0.4) is 0 Å². The van der Waals surface area contributed by atoms with Crippen LogP contribution in [0.25, 0.3) is 0 Å². The van der Waals surface area contributed by atoms with E-state index in [1.165, 1.54) is 30.6 Å². The number of hydrogen-bond donors (Lipinski definition) is 1. The van der Waals surface area contributed by atoms with Gasteiger partial charge in [0, 0.05) is 17.4 Å². The van der Waals surface area contributed by atoms with Gasteiger partial charge in [0.1, 0.15) is 0 Å². The second-order valence-corrected chi connectivity index (χ2v) is 5.81. The molecular weight excluding hydrogens is 212 g/mol. The molecule has 1 fully saturated rings. The van der Waals surface area contributed by atoms with Crippen molar-refractivity contribution in [1.82, 2.24) is 9.25 Å². The van der Waals surface area contributed by atoms with Crippen LogP contribution in [0.2, 0.25) is 0 Å². The molecule has 0 saturated heterocycles. The molecule has 2 nitrogen and oxygen atoms in total. The molecule has 0 aromatic rings. The van der Waals surface area contributed by atoms with Crippen LogP contribution in [-0.2, 0) is 0 Å². The Kier molecular flexibility index (Phi) is 3.68. The molecule has 14 heavy (non-hydrogen) atoms. The predicted molar refractivity (Wildman–Crippen MR) is 65.3 cm³/mol. The van der Waals surface area contributed by atoms with E-state index in [0.717, 1.165) is 11.8 Å². The van der Waals surface area contributed by atoms with Gasteiger partial charge in [0.15, 0.2) is 0 Å². The second-order valence-electron chi connectivity index (χ2n) is 4.19. The van der Waals surface area contributed by atoms with Crippen LogP contribution in [0.1, 0.15) is 32.6 Å². The lowest BCUT2D eigenvalue weighted by Crippen LogP contribution is -2.14. The molecular formula is C10H18N2S2. The maximum Gasteiger partial charge on any atom is 0.0407 e. The topological polar surface area (TPSA) is 15.3 Å². The number of nitrogens with zero attached hydrogens (tertiary/aromatic N) is 1. The van der Waals surface area contributed by atoms with E-state index in [2.05, 4.69) is 28.6 Å². The Hall–Kier alpha value is 0.200. The van der Waals surface area contributed by atoms with Gasteiger partial charge in [-0.25, -0.2) is 4.41 Å². The van der Waals surface area contributed by atoms with E-state index in [0.29, 0.717) is 0 Å². The highest BCUT2D eigenvalue weighted by molar-refractivity contribution is 8.03. The molecule has 0 atom stereocenters. The molecule has 4 heteroatoms. The fraction of sp³-hybridized carbons (Fsp3) is 0.800. The van der Waals surface area contributed by atoms with Crippen molar-refractivity contribution in [3.05, 3.63) is 11.1 Å². The molecule has 0 aromatic heterocycles. The number of hydrazine groups is 1. The van der Waals surface area contributed by atoms with Crippen molar-refractivity contribution in [3.8, 4) is 0 Å². The van der Waals surface area contributed by atoms with Crippen LogP contribution >= 0.6 is 23.9 Å². The first-order valence-electron chi connectivity index (χ1n) is 5.27. The Labute approximate surface area is 95.1 Å². The van der Waals surface area contributed by atoms with Crippen LogP contribution in [0.5, 0.6) is 0 Å². The van der Waals surface area contributed by atoms with E-state index in [9.17, 15) is 0 Å². The largest absolute Gasteiger partial charge is 0.247 e. The fourth-order valence-electron chi connectivity index (χ4n) is 2.09. The molecule has 0 radical (unpaired) electrons. The second kappa shape index (κ2) is 4.81. The standard InChI is InChI=1S/C10H18N2S2/c1-8-3-5-9(6-4-8)10-7-12(13-2)11-14-10/h7-9,11H,3-6H2,1-2H3. The quantitative estimate of drug-likeness (QED) is 0.731. The van der Waals surface area contributed by atoms with Crippen LogP contribution < -0.4 is 4.83 Å². The summed E-state index contributed by atoms with van der Waals surface area (Å²) in [5, 5.41) is 0. The van der Waals surface area contributed by atoms with Gasteiger partial charge in [-0.3, -0.25) is 0 Å². The third kappa shape index (κ3) is 2.41. The van der Waals surface area contributed by atoms with Gasteiger partial charge < -0.3 is 0 Å². The van der Waals surface area contributed by atoms with Crippen molar-refractivity contribution in [2.75, 3.05) is 6.26 Å². The summed E-state index contributed by atoms with van der Waals surface area (Å²) >= 11 is 3.52. The summed E-state index contributed by atoms with van der Waals surface area (Å²) in [4.78, 5) is 4.82. The maximum absolute atomic E-state index is 3.29. The van der Waals surface area contributed by atoms with E-state index in [1.54, 1.807) is 23.9 Å². The van der Waals surface area contributed by atoms with E-state index in [4.69, 9.17) is 0 Å². The molecule has 0 bridgehead atoms. The molecule has 1 N–H and O–H groups in total. The van der Waals surface area contributed by atoms with Gasteiger partial charge in [-0.1, -0.05) is 19.8 Å². The molecule has 0 aromatic carbocycles. The highest BCUT2D eigenvalue weighted by Crippen LogP contribution is 2.39. The summed E-state index contributed by atoms with van der Waals surface area (Å²) in [7, 11) is 0. The van der Waals surface area contributed by atoms with Gasteiger partial charge in [-0.2, -0.15) is 4.83 Å². The van der Waals surface area contributed by atoms with Crippen LogP contribution in [0, 0.1) is 11.8 Å². The zero-order valence-corrected chi connectivity index (χ0v) is 10.5. The zero-order chi connectivity index (χ0) is 9.97. The Morgan fingerprint density at radius 3 is 2.71 bits per heavy atom. The molecule has 80 valence electrons. The Morgan fingerprint density at radius 1 is 1.43 bits per heavy atom. The molecule has 0 amide bonds. The molecule has 0 spiro atoms. The first-order valence-corrected chi connectivity index (χ1v) is 7.27. The summed E-state index contributed by atoms with van der Waals surface area (Å²) in [6.07, 6.45) is 9.92. The number of hydrogen-bond acceptors (Lipinski definition) is 4. The van der Waals surface area contributed by atoms with Crippen molar-refractivity contribution in [3.63, 3.8) is 0 Å². The Balaban J connectivity index is 1.90. The molecule has 1 aliphatic carbocycles. The molecule has 2 rings (SSSR count). The lowest BCUT2D eigenvalue weighted by Gasteiger charge is -2.25. The van der Waals surface area contributed by atoms with Gasteiger partial charge >= 0.3 is 0 Å². The predicted octanol–water partition coefficient (Wildman–Crippen LogP) is 3.40. The lowest BCUT2D eigenvalue weighted by molar-refractivity contribution is 0.327. The average Bonchev–Trinajstić information content (AvgIpc) is 2.67. The first-order chi connectivity index (χ1) is 6.79. The Morgan fingerprint density at radius 2 is 2.14 bits per heavy atom. The number of nitrogens with one attached hydrogen (secondary N) is 1. The minimum absolute atomic E-state index is 0.820. The number of allylic oxidation sites excluding steroid dienone is 1. The van der Waals surface area contributed by atoms with E-state index < -0.39 is 0 Å². The minimum atomic E-state index is 0.820. The van der Waals surface area contributed by atoms with Crippen molar-refractivity contribution < 1.29 is 0 Å². The highest BCUT2D eigenvalue weighted by atomic mass is 32.2. The molecule has 1 aliphatic heterocycles. The first kappa shape index (κ1) is 10.7. The molecule has 1 saturated carbocycles. The average molecular weight is 230 g/mol. The SMILES string of the molecule is CSN1C=C(C2CCC(C)CC2)SN1. The van der Waals surface area contributed by atoms with Crippen molar-refractivity contribution in [2.45, 2.75) is 32.6 Å². The third-order valence-corrected chi connectivity index (χ3v) is 4.78. The lowest BCUT2D eigenvalue weighted by atomic mass is 9.83. The fourth-order valence-corrected chi connectivity index (χ4v) is 3.59. The summed E-state index contributed by atoms with van der Waals surface area (Å²) in [6, 6.07) is 0. The van der Waals surface area contributed by atoms with Gasteiger partial charge in [0.25, 0.3) is 0 Å². The van der Waals surface area contributed by atoms with E-state index in [-0.39, 0.29) is 0 Å². The molecule has 0 unspecified atom stereocenters. The molecule has 1 heterocycles. The smallest absolute Gasteiger partial charge is 0.0407 e. The minimum Gasteiger partial charge on any atom is -0.247 e. The number of rotatable bonds is 2. The van der Waals surface area contributed by atoms with Gasteiger partial charge in [0.2, 0.25) is 0 Å².